The molecule has 2 N–H and O–H groups in total. The smallest absolute Gasteiger partial charge is 0.278 e. The number of nitrogens with zero attached hydrogens (tertiary/aromatic N) is 3. The van der Waals surface area contributed by atoms with Crippen molar-refractivity contribution < 1.29 is 4.52 Å². The summed E-state index contributed by atoms with van der Waals surface area (Å²) in [5.41, 5.74) is 6.82. The Morgan fingerprint density at radius 2 is 2.40 bits per heavy atom. The monoisotopic (exact) mass is 222 g/mol. The third-order valence-electron chi connectivity index (χ3n) is 1.78. The van der Waals surface area contributed by atoms with Crippen LogP contribution in [-0.2, 0) is 5.75 Å². The number of anilines is 1. The van der Waals surface area contributed by atoms with E-state index in [1.165, 1.54) is 0 Å². The molecule has 2 rings (SSSR count). The first kappa shape index (κ1) is 9.97. The molecule has 2 aromatic rings. The molecule has 0 bridgehead atoms. The molecule has 0 saturated carbocycles. The minimum Gasteiger partial charge on any atom is -0.397 e. The SMILES string of the molecule is CSCc1noc(-c2ncccc2N)n1. The van der Waals surface area contributed by atoms with Crippen molar-refractivity contribution >= 4 is 17.4 Å². The molecule has 0 unspecified atom stereocenters. The maximum Gasteiger partial charge on any atom is 0.278 e. The zero-order chi connectivity index (χ0) is 10.7. The van der Waals surface area contributed by atoms with Crippen LogP contribution >= 0.6 is 11.8 Å². The van der Waals surface area contributed by atoms with Gasteiger partial charge in [0.1, 0.15) is 0 Å². The Bertz CT molecular complexity index is 457. The van der Waals surface area contributed by atoms with E-state index in [-0.39, 0.29) is 0 Å². The Kier molecular flexibility index (Phi) is 2.86. The van der Waals surface area contributed by atoms with Gasteiger partial charge in [0.2, 0.25) is 0 Å². The number of rotatable bonds is 3. The molecule has 0 atom stereocenters. The van der Waals surface area contributed by atoms with E-state index in [1.807, 2.05) is 6.26 Å². The molecule has 78 valence electrons. The first-order chi connectivity index (χ1) is 7.31. The first-order valence-corrected chi connectivity index (χ1v) is 5.73. The highest BCUT2D eigenvalue weighted by Gasteiger charge is 2.11. The molecule has 0 aliphatic heterocycles. The summed E-state index contributed by atoms with van der Waals surface area (Å²) in [5, 5.41) is 3.82. The molecule has 0 aromatic carbocycles. The van der Waals surface area contributed by atoms with Gasteiger partial charge in [0.15, 0.2) is 11.5 Å². The van der Waals surface area contributed by atoms with Crippen molar-refractivity contribution in [2.75, 3.05) is 12.0 Å². The quantitative estimate of drug-likeness (QED) is 0.849. The molecule has 15 heavy (non-hydrogen) atoms. The summed E-state index contributed by atoms with van der Waals surface area (Å²) in [7, 11) is 0. The Labute approximate surface area is 91.1 Å². The predicted octanol–water partition coefficient (Wildman–Crippen LogP) is 1.58. The number of nitrogen functional groups attached to an aromatic ring is 1. The van der Waals surface area contributed by atoms with Gasteiger partial charge in [-0.3, -0.25) is 0 Å². The molecule has 5 nitrogen and oxygen atoms in total. The Balaban J connectivity index is 2.33. The van der Waals surface area contributed by atoms with Crippen molar-refractivity contribution in [1.29, 1.82) is 0 Å². The molecule has 0 fully saturated rings. The van der Waals surface area contributed by atoms with Gasteiger partial charge >= 0.3 is 0 Å². The van der Waals surface area contributed by atoms with Gasteiger partial charge in [-0.1, -0.05) is 5.16 Å². The van der Waals surface area contributed by atoms with E-state index >= 15 is 0 Å². The molecule has 2 aromatic heterocycles. The van der Waals surface area contributed by atoms with E-state index in [2.05, 4.69) is 15.1 Å². The van der Waals surface area contributed by atoms with E-state index in [1.54, 1.807) is 30.1 Å². The highest BCUT2D eigenvalue weighted by atomic mass is 32.2. The number of aromatic nitrogens is 3. The number of pyridine rings is 1. The average molecular weight is 222 g/mol. The molecule has 0 amide bonds. The summed E-state index contributed by atoms with van der Waals surface area (Å²) in [6, 6.07) is 3.51. The van der Waals surface area contributed by atoms with Gasteiger partial charge in [-0.25, -0.2) is 4.98 Å². The maximum atomic E-state index is 5.74. The molecule has 2 heterocycles. The predicted molar refractivity (Wildman–Crippen MR) is 59.2 cm³/mol. The molecular weight excluding hydrogens is 212 g/mol. The van der Waals surface area contributed by atoms with Crippen LogP contribution in [-0.4, -0.2) is 21.4 Å². The summed E-state index contributed by atoms with van der Waals surface area (Å²) in [4.78, 5) is 8.28. The van der Waals surface area contributed by atoms with Crippen LogP contribution < -0.4 is 5.73 Å². The van der Waals surface area contributed by atoms with Crippen LogP contribution in [0.15, 0.2) is 22.9 Å². The summed E-state index contributed by atoms with van der Waals surface area (Å²) in [6.07, 6.45) is 3.62. The molecule has 0 spiro atoms. The fourth-order valence-electron chi connectivity index (χ4n) is 1.13. The lowest BCUT2D eigenvalue weighted by Crippen LogP contribution is -1.92. The van der Waals surface area contributed by atoms with E-state index in [0.29, 0.717) is 23.1 Å². The second kappa shape index (κ2) is 4.31. The summed E-state index contributed by atoms with van der Waals surface area (Å²) >= 11 is 1.63. The fraction of sp³-hybridized carbons (Fsp3) is 0.222. The summed E-state index contributed by atoms with van der Waals surface area (Å²) in [5.74, 6) is 1.75. The van der Waals surface area contributed by atoms with Crippen molar-refractivity contribution in [2.45, 2.75) is 5.75 Å². The standard InChI is InChI=1S/C9H10N4OS/c1-15-5-7-12-9(14-13-7)8-6(10)3-2-4-11-8/h2-4H,5,10H2,1H3. The van der Waals surface area contributed by atoms with Gasteiger partial charge in [0.25, 0.3) is 5.89 Å². The van der Waals surface area contributed by atoms with Gasteiger partial charge < -0.3 is 10.3 Å². The lowest BCUT2D eigenvalue weighted by Gasteiger charge is -1.96. The highest BCUT2D eigenvalue weighted by molar-refractivity contribution is 7.97. The number of thioether (sulfide) groups is 1. The van der Waals surface area contributed by atoms with Crippen LogP contribution in [0.25, 0.3) is 11.6 Å². The van der Waals surface area contributed by atoms with E-state index in [9.17, 15) is 0 Å². The number of hydrogen-bond donors (Lipinski definition) is 1. The van der Waals surface area contributed by atoms with Crippen molar-refractivity contribution in [2.24, 2.45) is 0 Å². The highest BCUT2D eigenvalue weighted by Crippen LogP contribution is 2.21. The summed E-state index contributed by atoms with van der Waals surface area (Å²) < 4.78 is 5.07. The van der Waals surface area contributed by atoms with Crippen molar-refractivity contribution in [3.05, 3.63) is 24.2 Å². The largest absolute Gasteiger partial charge is 0.397 e. The first-order valence-electron chi connectivity index (χ1n) is 4.33. The van der Waals surface area contributed by atoms with Crippen LogP contribution in [0, 0.1) is 0 Å². The second-order valence-corrected chi connectivity index (χ2v) is 3.76. The van der Waals surface area contributed by atoms with Gasteiger partial charge in [-0.05, 0) is 18.4 Å². The van der Waals surface area contributed by atoms with Gasteiger partial charge in [-0.2, -0.15) is 16.7 Å². The third-order valence-corrected chi connectivity index (χ3v) is 2.33. The van der Waals surface area contributed by atoms with Crippen LogP contribution in [0.3, 0.4) is 0 Å². The van der Waals surface area contributed by atoms with Gasteiger partial charge in [-0.15, -0.1) is 0 Å². The normalized spacial score (nSPS) is 10.5. The Morgan fingerprint density at radius 3 is 3.13 bits per heavy atom. The van der Waals surface area contributed by atoms with Crippen LogP contribution in [0.2, 0.25) is 0 Å². The third kappa shape index (κ3) is 2.10. The van der Waals surface area contributed by atoms with Crippen LogP contribution in [0.5, 0.6) is 0 Å². The maximum absolute atomic E-state index is 5.74. The second-order valence-electron chi connectivity index (χ2n) is 2.89. The van der Waals surface area contributed by atoms with Crippen molar-refractivity contribution in [3.8, 4) is 11.6 Å². The minimum absolute atomic E-state index is 0.372. The minimum atomic E-state index is 0.372. The van der Waals surface area contributed by atoms with E-state index in [0.717, 1.165) is 5.75 Å². The topological polar surface area (TPSA) is 77.8 Å². The Hall–Kier alpha value is -1.56. The van der Waals surface area contributed by atoms with Crippen LogP contribution in [0.4, 0.5) is 5.69 Å². The summed E-state index contributed by atoms with van der Waals surface area (Å²) in [6.45, 7) is 0. The zero-order valence-electron chi connectivity index (χ0n) is 8.17. The average Bonchev–Trinajstić information content (AvgIpc) is 2.68. The molecule has 0 saturated heterocycles. The van der Waals surface area contributed by atoms with Crippen molar-refractivity contribution in [3.63, 3.8) is 0 Å². The molecule has 0 aliphatic rings. The fourth-order valence-corrected chi connectivity index (χ4v) is 1.51. The van der Waals surface area contributed by atoms with Gasteiger partial charge in [0, 0.05) is 6.20 Å². The molecular formula is C9H10N4OS. The molecule has 0 radical (unpaired) electrons. The van der Waals surface area contributed by atoms with Crippen molar-refractivity contribution in [1.82, 2.24) is 15.1 Å². The van der Waals surface area contributed by atoms with Gasteiger partial charge in [0.05, 0.1) is 11.4 Å². The number of hydrogen-bond acceptors (Lipinski definition) is 6. The molecule has 6 heteroatoms. The van der Waals surface area contributed by atoms with E-state index in [4.69, 9.17) is 10.3 Å². The number of nitrogens with two attached hydrogens (primary N) is 1. The van der Waals surface area contributed by atoms with E-state index < -0.39 is 0 Å². The lowest BCUT2D eigenvalue weighted by molar-refractivity contribution is 0.424. The Morgan fingerprint density at radius 1 is 1.53 bits per heavy atom. The molecule has 0 aliphatic carbocycles. The van der Waals surface area contributed by atoms with Crippen LogP contribution in [0.1, 0.15) is 5.82 Å². The lowest BCUT2D eigenvalue weighted by atomic mass is 10.3. The zero-order valence-corrected chi connectivity index (χ0v) is 8.99.